The molecule has 2 aromatic carbocycles. The highest BCUT2D eigenvalue weighted by Crippen LogP contribution is 2.46. The number of aromatic nitrogens is 3. The second-order valence-corrected chi connectivity index (χ2v) is 11.8. The summed E-state index contributed by atoms with van der Waals surface area (Å²) >= 11 is 0. The van der Waals surface area contributed by atoms with Crippen molar-refractivity contribution in [2.75, 3.05) is 4.90 Å². The molecule has 3 atom stereocenters. The van der Waals surface area contributed by atoms with Gasteiger partial charge in [-0.2, -0.15) is 5.10 Å². The Bertz CT molecular complexity index is 1660. The first-order valence-electron chi connectivity index (χ1n) is 14.8. The molecule has 0 radical (unpaired) electrons. The number of rotatable bonds is 9. The summed E-state index contributed by atoms with van der Waals surface area (Å²) < 4.78 is 57.2. The zero-order valence-corrected chi connectivity index (χ0v) is 24.0. The van der Waals surface area contributed by atoms with Crippen molar-refractivity contribution in [2.45, 2.75) is 75.6 Å². The fraction of sp³-hybridized carbons (Fsp3) is 0.406. The Morgan fingerprint density at radius 3 is 2.39 bits per heavy atom. The minimum atomic E-state index is -4.83. The Kier molecular flexibility index (Phi) is 7.11. The fourth-order valence-electron chi connectivity index (χ4n) is 6.71. The van der Waals surface area contributed by atoms with E-state index in [9.17, 15) is 23.1 Å². The molecule has 4 aromatic rings. The summed E-state index contributed by atoms with van der Waals surface area (Å²) in [7, 11) is 1.61. The van der Waals surface area contributed by atoms with Crippen molar-refractivity contribution in [2.24, 2.45) is 7.05 Å². The highest BCUT2D eigenvalue weighted by atomic mass is 19.4. The van der Waals surface area contributed by atoms with Crippen molar-refractivity contribution in [3.8, 4) is 28.3 Å². The van der Waals surface area contributed by atoms with Crippen LogP contribution >= 0.6 is 0 Å². The summed E-state index contributed by atoms with van der Waals surface area (Å²) in [4.78, 5) is 13.9. The van der Waals surface area contributed by atoms with Gasteiger partial charge in [-0.1, -0.05) is 29.4 Å². The van der Waals surface area contributed by atoms with Crippen molar-refractivity contribution in [3.05, 3.63) is 71.6 Å². The quantitative estimate of drug-likeness (QED) is 0.218. The van der Waals surface area contributed by atoms with Crippen LogP contribution in [0.1, 0.15) is 66.3 Å². The predicted octanol–water partition coefficient (Wildman–Crippen LogP) is 6.93. The maximum atomic E-state index is 13.1. The van der Waals surface area contributed by atoms with Gasteiger partial charge < -0.3 is 24.0 Å². The van der Waals surface area contributed by atoms with Crippen molar-refractivity contribution in [1.82, 2.24) is 14.9 Å². The lowest BCUT2D eigenvalue weighted by Crippen LogP contribution is -2.45. The van der Waals surface area contributed by atoms with E-state index in [4.69, 9.17) is 9.26 Å². The van der Waals surface area contributed by atoms with E-state index in [-0.39, 0.29) is 35.6 Å². The molecule has 12 heteroatoms. The molecule has 2 aromatic heterocycles. The van der Waals surface area contributed by atoms with E-state index in [0.29, 0.717) is 34.8 Å². The van der Waals surface area contributed by atoms with E-state index in [2.05, 4.69) is 32.0 Å². The van der Waals surface area contributed by atoms with Crippen LogP contribution in [-0.4, -0.2) is 50.6 Å². The first kappa shape index (κ1) is 28.5. The van der Waals surface area contributed by atoms with Gasteiger partial charge in [-0.3, -0.25) is 4.68 Å². The number of benzene rings is 2. The number of alkyl halides is 3. The van der Waals surface area contributed by atoms with Crippen molar-refractivity contribution in [1.29, 1.82) is 0 Å². The molecule has 1 saturated carbocycles. The molecule has 3 fully saturated rings. The molecule has 1 N–H and O–H groups in total. The maximum Gasteiger partial charge on any atom is 0.573 e. The van der Waals surface area contributed by atoms with Gasteiger partial charge in [-0.05, 0) is 68.9 Å². The number of hydrogen-bond donors (Lipinski definition) is 1. The Morgan fingerprint density at radius 2 is 1.75 bits per heavy atom. The number of ether oxygens (including phenoxy) is 2. The van der Waals surface area contributed by atoms with Gasteiger partial charge >= 0.3 is 12.3 Å². The minimum Gasteiger partial charge on any atom is -0.477 e. The summed E-state index contributed by atoms with van der Waals surface area (Å²) in [6.07, 6.45) is 0.801. The molecule has 1 aliphatic carbocycles. The maximum absolute atomic E-state index is 13.1. The lowest BCUT2D eigenvalue weighted by Gasteiger charge is -2.40. The summed E-state index contributed by atoms with van der Waals surface area (Å²) in [6.45, 7) is 0.201. The number of nitrogens with zero attached hydrogens (tertiary/aromatic N) is 4. The lowest BCUT2D eigenvalue weighted by atomic mass is 9.98. The van der Waals surface area contributed by atoms with Gasteiger partial charge in [-0.15, -0.1) is 13.2 Å². The molecule has 0 spiro atoms. The second kappa shape index (κ2) is 11.0. The van der Waals surface area contributed by atoms with E-state index < -0.39 is 12.3 Å². The first-order chi connectivity index (χ1) is 21.1. The highest BCUT2D eigenvalue weighted by molar-refractivity contribution is 5.87. The average Bonchev–Trinajstić information content (AvgIpc) is 3.53. The third-order valence-electron chi connectivity index (χ3n) is 8.85. The van der Waals surface area contributed by atoms with E-state index in [0.717, 1.165) is 49.8 Å². The molecule has 2 bridgehead atoms. The molecule has 2 saturated heterocycles. The van der Waals surface area contributed by atoms with E-state index in [1.165, 1.54) is 16.8 Å². The van der Waals surface area contributed by atoms with Crippen LogP contribution in [-0.2, 0) is 18.4 Å². The van der Waals surface area contributed by atoms with Gasteiger partial charge in [0.05, 0.1) is 18.4 Å². The molecule has 230 valence electrons. The first-order valence-corrected chi connectivity index (χ1v) is 14.8. The van der Waals surface area contributed by atoms with E-state index in [1.54, 1.807) is 25.2 Å². The number of carboxylic acid groups (broad SMARTS) is 1. The zero-order chi connectivity index (χ0) is 30.6. The van der Waals surface area contributed by atoms with Crippen LogP contribution in [0.15, 0.2) is 59.1 Å². The van der Waals surface area contributed by atoms with Crippen LogP contribution in [0.4, 0.5) is 18.9 Å². The van der Waals surface area contributed by atoms with E-state index >= 15 is 0 Å². The van der Waals surface area contributed by atoms with Gasteiger partial charge in [-0.25, -0.2) is 4.79 Å². The van der Waals surface area contributed by atoms with Crippen LogP contribution in [0, 0.1) is 0 Å². The van der Waals surface area contributed by atoms with Gasteiger partial charge in [0.2, 0.25) is 0 Å². The number of halogens is 3. The number of carboxylic acids is 1. The Hall–Kier alpha value is -4.32. The summed E-state index contributed by atoms with van der Waals surface area (Å²) in [5.74, 6) is -0.451. The standard InChI is InChI=1S/C32H31F3N4O5/c1-38-27(31(40)41)16-26(36-38)18-8-10-20(11-9-18)39-21-12-13-22(39)15-23(14-21)42-17-25-29(37-44-30(25)19-6-7-19)24-4-2-3-5-28(24)43-32(33,34)35/h2-5,8-11,16,19,21-23H,6-7,12-15,17H2,1H3,(H,40,41)/t21-,22+,23?. The Labute approximate surface area is 251 Å². The second-order valence-electron chi connectivity index (χ2n) is 11.8. The van der Waals surface area contributed by atoms with Gasteiger partial charge in [0.25, 0.3) is 0 Å². The molecule has 4 heterocycles. The molecule has 0 amide bonds. The van der Waals surface area contributed by atoms with Crippen molar-refractivity contribution in [3.63, 3.8) is 0 Å². The molecular weight excluding hydrogens is 577 g/mol. The third kappa shape index (κ3) is 5.54. The van der Waals surface area contributed by atoms with Crippen LogP contribution in [0.2, 0.25) is 0 Å². The number of hydrogen-bond acceptors (Lipinski definition) is 7. The molecule has 44 heavy (non-hydrogen) atoms. The summed E-state index contributed by atoms with van der Waals surface area (Å²) in [5.41, 5.74) is 3.94. The molecule has 7 rings (SSSR count). The smallest absolute Gasteiger partial charge is 0.477 e. The number of aryl methyl sites for hydroxylation is 1. The lowest BCUT2D eigenvalue weighted by molar-refractivity contribution is -0.274. The van der Waals surface area contributed by atoms with Crippen LogP contribution in [0.3, 0.4) is 0 Å². The number of para-hydroxylation sites is 1. The number of carbonyl (C=O) groups is 1. The average molecular weight is 609 g/mol. The normalized spacial score (nSPS) is 21.5. The molecule has 3 aliphatic rings. The topological polar surface area (TPSA) is 103 Å². The number of fused-ring (bicyclic) bond motifs is 2. The van der Waals surface area contributed by atoms with E-state index in [1.807, 2.05) is 12.1 Å². The van der Waals surface area contributed by atoms with Crippen LogP contribution in [0.25, 0.3) is 22.5 Å². The third-order valence-corrected chi connectivity index (χ3v) is 8.85. The Balaban J connectivity index is 1.06. The largest absolute Gasteiger partial charge is 0.573 e. The number of anilines is 1. The van der Waals surface area contributed by atoms with Crippen molar-refractivity contribution < 1.29 is 37.1 Å². The molecular formula is C32H31F3N4O5. The van der Waals surface area contributed by atoms with Gasteiger partial charge in [0.15, 0.2) is 0 Å². The van der Waals surface area contributed by atoms with Crippen LogP contribution < -0.4 is 9.64 Å². The van der Waals surface area contributed by atoms with Crippen LogP contribution in [0.5, 0.6) is 5.75 Å². The molecule has 1 unspecified atom stereocenters. The summed E-state index contributed by atoms with van der Waals surface area (Å²) in [6, 6.07) is 16.2. The Morgan fingerprint density at radius 1 is 1.05 bits per heavy atom. The summed E-state index contributed by atoms with van der Waals surface area (Å²) in [5, 5.41) is 17.9. The predicted molar refractivity (Wildman–Crippen MR) is 153 cm³/mol. The minimum absolute atomic E-state index is 0.0116. The van der Waals surface area contributed by atoms with Gasteiger partial charge in [0, 0.05) is 47.4 Å². The number of aromatic carboxylic acids is 1. The fourth-order valence-corrected chi connectivity index (χ4v) is 6.71. The highest BCUT2D eigenvalue weighted by Gasteiger charge is 2.42. The number of piperidine rings is 1. The van der Waals surface area contributed by atoms with Gasteiger partial charge in [0.1, 0.15) is 22.9 Å². The molecule has 2 aliphatic heterocycles. The zero-order valence-electron chi connectivity index (χ0n) is 24.0. The SMILES string of the molecule is Cn1nc(-c2ccc(N3[C@@H]4CC[C@H]3CC(OCc3c(-c5ccccc5OC(F)(F)F)noc3C3CC3)C4)cc2)cc1C(=O)O. The molecule has 9 nitrogen and oxygen atoms in total. The monoisotopic (exact) mass is 608 g/mol. The van der Waals surface area contributed by atoms with Crippen molar-refractivity contribution >= 4 is 11.7 Å².